The number of amidine groups is 1. The third kappa shape index (κ3) is 6.95. The number of hydrogen-bond donors (Lipinski definition) is 4. The Labute approximate surface area is 228 Å². The van der Waals surface area contributed by atoms with E-state index in [4.69, 9.17) is 26.1 Å². The predicted octanol–water partition coefficient (Wildman–Crippen LogP) is 1.36. The minimum atomic E-state index is -0.112. The van der Waals surface area contributed by atoms with E-state index in [1.165, 1.54) is 6.08 Å². The number of amides is 2. The second-order valence-corrected chi connectivity index (χ2v) is 9.84. The van der Waals surface area contributed by atoms with Crippen LogP contribution in [0.5, 0.6) is 0 Å². The first kappa shape index (κ1) is 28.1. The Hall–Kier alpha value is -3.90. The first-order valence-corrected chi connectivity index (χ1v) is 13.3. The van der Waals surface area contributed by atoms with E-state index in [1.54, 1.807) is 18.0 Å². The molecule has 39 heavy (non-hydrogen) atoms. The number of morpholine rings is 1. The van der Waals surface area contributed by atoms with Crippen LogP contribution in [-0.2, 0) is 14.3 Å². The van der Waals surface area contributed by atoms with Gasteiger partial charge in [-0.15, -0.1) is 0 Å². The molecule has 0 radical (unpaired) electrons. The number of piperidine rings is 1. The number of hydrogen-bond acceptors (Lipinski definition) is 8. The van der Waals surface area contributed by atoms with Gasteiger partial charge in [0.05, 0.1) is 41.9 Å². The molecule has 1 aromatic carbocycles. The van der Waals surface area contributed by atoms with Crippen LogP contribution in [-0.4, -0.2) is 102 Å². The molecule has 2 aliphatic heterocycles. The average Bonchev–Trinajstić information content (AvgIpc) is 3.41. The molecule has 12 heteroatoms. The Morgan fingerprint density at radius 1 is 1.31 bits per heavy atom. The molecule has 0 saturated carbocycles. The van der Waals surface area contributed by atoms with E-state index in [9.17, 15) is 9.59 Å². The zero-order chi connectivity index (χ0) is 27.8. The lowest BCUT2D eigenvalue weighted by atomic mass is 10.0. The van der Waals surface area contributed by atoms with Crippen LogP contribution in [0.3, 0.4) is 0 Å². The van der Waals surface area contributed by atoms with Crippen LogP contribution in [0.4, 0.5) is 5.69 Å². The lowest BCUT2D eigenvalue weighted by Crippen LogP contribution is -2.50. The number of carbonyl (C=O) groups excluding carboxylic acids is 2. The van der Waals surface area contributed by atoms with Crippen molar-refractivity contribution in [3.63, 3.8) is 0 Å². The Morgan fingerprint density at radius 3 is 2.82 bits per heavy atom. The summed E-state index contributed by atoms with van der Waals surface area (Å²) in [6.45, 7) is 4.75. The minimum Gasteiger partial charge on any atom is -0.513 e. The Kier molecular flexibility index (Phi) is 9.55. The highest BCUT2D eigenvalue weighted by atomic mass is 16.5. The first-order chi connectivity index (χ1) is 18.9. The van der Waals surface area contributed by atoms with Gasteiger partial charge in [0.15, 0.2) is 0 Å². The summed E-state index contributed by atoms with van der Waals surface area (Å²) in [5.74, 6) is 0.233. The number of aliphatic hydroxyl groups is 1. The fourth-order valence-electron chi connectivity index (χ4n) is 5.18. The first-order valence-electron chi connectivity index (χ1n) is 13.3. The molecule has 0 bridgehead atoms. The molecule has 0 aliphatic carbocycles. The molecule has 1 unspecified atom stereocenters. The number of carbonyl (C=O) groups is 2. The molecule has 2 saturated heterocycles. The van der Waals surface area contributed by atoms with Gasteiger partial charge in [0.2, 0.25) is 12.3 Å². The zero-order valence-electron chi connectivity index (χ0n) is 22.3. The van der Waals surface area contributed by atoms with Crippen molar-refractivity contribution in [3.05, 3.63) is 48.5 Å². The molecule has 2 amide bonds. The van der Waals surface area contributed by atoms with Gasteiger partial charge in [-0.05, 0) is 37.1 Å². The number of anilines is 1. The van der Waals surface area contributed by atoms with Gasteiger partial charge in [0.25, 0.3) is 0 Å². The zero-order valence-corrected chi connectivity index (χ0v) is 22.3. The van der Waals surface area contributed by atoms with Gasteiger partial charge in [0.1, 0.15) is 12.1 Å². The maximum absolute atomic E-state index is 11.8. The monoisotopic (exact) mass is 538 g/mol. The van der Waals surface area contributed by atoms with E-state index in [1.807, 2.05) is 29.3 Å². The van der Waals surface area contributed by atoms with Gasteiger partial charge < -0.3 is 35.6 Å². The van der Waals surface area contributed by atoms with Gasteiger partial charge in [-0.1, -0.05) is 6.07 Å². The fraction of sp³-hybridized carbons (Fsp3) is 0.481. The summed E-state index contributed by atoms with van der Waals surface area (Å²) in [5.41, 5.74) is 7.51. The van der Waals surface area contributed by atoms with E-state index in [2.05, 4.69) is 14.9 Å². The van der Waals surface area contributed by atoms with Crippen molar-refractivity contribution >= 4 is 34.7 Å². The van der Waals surface area contributed by atoms with Crippen molar-refractivity contribution < 1.29 is 19.4 Å². The second-order valence-electron chi connectivity index (χ2n) is 9.84. The number of benzene rings is 1. The highest BCUT2D eigenvalue weighted by Gasteiger charge is 2.28. The Bertz CT molecular complexity index is 1220. The molecule has 2 fully saturated rings. The summed E-state index contributed by atoms with van der Waals surface area (Å²) >= 11 is 0. The van der Waals surface area contributed by atoms with E-state index in [-0.39, 0.29) is 30.2 Å². The van der Waals surface area contributed by atoms with Crippen molar-refractivity contribution in [2.24, 2.45) is 5.73 Å². The summed E-state index contributed by atoms with van der Waals surface area (Å²) in [7, 11) is 1.58. The molecular formula is C27H38N8O4. The topological polar surface area (TPSA) is 153 Å². The SMILES string of the molecule is CNC(=O)CCN(C=O)c1cccc2c1cnn2C1CCN(CC2CN(C(=N)C=CC(N)=CO)CCO2)CC1. The van der Waals surface area contributed by atoms with Crippen LogP contribution < -0.4 is 16.0 Å². The fourth-order valence-corrected chi connectivity index (χ4v) is 5.18. The molecule has 1 atom stereocenters. The highest BCUT2D eigenvalue weighted by molar-refractivity contribution is 5.97. The predicted molar refractivity (Wildman–Crippen MR) is 150 cm³/mol. The number of aromatic nitrogens is 2. The quantitative estimate of drug-likeness (QED) is 0.116. The summed E-state index contributed by atoms with van der Waals surface area (Å²) in [5, 5.41) is 25.4. The summed E-state index contributed by atoms with van der Waals surface area (Å²) < 4.78 is 8.06. The van der Waals surface area contributed by atoms with Crippen molar-refractivity contribution in [2.75, 3.05) is 57.8 Å². The van der Waals surface area contributed by atoms with Crippen LogP contribution in [0, 0.1) is 5.41 Å². The standard InChI is InChI=1S/C27H38N8O4/c1-30-27(38)9-12-34(19-37)24-3-2-4-25-23(24)15-31-35(25)21-7-10-32(11-8-21)16-22-17-33(13-14-39-22)26(29)6-5-20(28)18-36/h2-6,15,18-19,21-22,29,36H,7-14,16-17,28H2,1H3,(H,30,38). The van der Waals surface area contributed by atoms with E-state index in [0.29, 0.717) is 32.1 Å². The number of rotatable bonds is 10. The molecule has 2 aliphatic rings. The van der Waals surface area contributed by atoms with Crippen LogP contribution in [0.1, 0.15) is 25.3 Å². The molecular weight excluding hydrogens is 500 g/mol. The molecule has 0 spiro atoms. The van der Waals surface area contributed by atoms with Crippen molar-refractivity contribution in [3.8, 4) is 0 Å². The molecule has 4 rings (SSSR count). The van der Waals surface area contributed by atoms with Crippen LogP contribution in [0.2, 0.25) is 0 Å². The number of aliphatic hydroxyl groups excluding tert-OH is 1. The number of nitrogens with zero attached hydrogens (tertiary/aromatic N) is 5. The smallest absolute Gasteiger partial charge is 0.221 e. The Balaban J connectivity index is 1.34. The summed E-state index contributed by atoms with van der Waals surface area (Å²) in [4.78, 5) is 29.4. The number of nitrogens with one attached hydrogen (secondary N) is 2. The number of ether oxygens (including phenoxy) is 1. The maximum atomic E-state index is 11.8. The Morgan fingerprint density at radius 2 is 2.10 bits per heavy atom. The summed E-state index contributed by atoms with van der Waals surface area (Å²) in [6, 6.07) is 6.08. The van der Waals surface area contributed by atoms with Crippen LogP contribution in [0.15, 0.2) is 48.5 Å². The minimum absolute atomic E-state index is 0.00647. The van der Waals surface area contributed by atoms with E-state index < -0.39 is 0 Å². The van der Waals surface area contributed by atoms with Gasteiger partial charge >= 0.3 is 0 Å². The maximum Gasteiger partial charge on any atom is 0.221 e. The average molecular weight is 539 g/mol. The van der Waals surface area contributed by atoms with Gasteiger partial charge in [-0.3, -0.25) is 19.7 Å². The van der Waals surface area contributed by atoms with Gasteiger partial charge in [0, 0.05) is 58.1 Å². The molecule has 3 heterocycles. The van der Waals surface area contributed by atoms with Crippen LogP contribution >= 0.6 is 0 Å². The third-order valence-corrected chi connectivity index (χ3v) is 7.34. The summed E-state index contributed by atoms with van der Waals surface area (Å²) in [6.07, 6.45) is 8.62. The van der Waals surface area contributed by atoms with E-state index >= 15 is 0 Å². The van der Waals surface area contributed by atoms with Crippen molar-refractivity contribution in [1.82, 2.24) is 24.9 Å². The number of nitrogens with two attached hydrogens (primary N) is 1. The van der Waals surface area contributed by atoms with Crippen LogP contribution in [0.25, 0.3) is 10.9 Å². The van der Waals surface area contributed by atoms with Crippen molar-refractivity contribution in [2.45, 2.75) is 31.4 Å². The molecule has 12 nitrogen and oxygen atoms in total. The molecule has 5 N–H and O–H groups in total. The van der Waals surface area contributed by atoms with Crippen molar-refractivity contribution in [1.29, 1.82) is 5.41 Å². The van der Waals surface area contributed by atoms with Gasteiger partial charge in [-0.2, -0.15) is 5.10 Å². The number of fused-ring (bicyclic) bond motifs is 1. The molecule has 2 aromatic rings. The highest BCUT2D eigenvalue weighted by Crippen LogP contribution is 2.31. The van der Waals surface area contributed by atoms with Gasteiger partial charge in [-0.25, -0.2) is 0 Å². The third-order valence-electron chi connectivity index (χ3n) is 7.34. The largest absolute Gasteiger partial charge is 0.513 e. The number of allylic oxidation sites excluding steroid dienone is 1. The lowest BCUT2D eigenvalue weighted by Gasteiger charge is -2.38. The lowest BCUT2D eigenvalue weighted by molar-refractivity contribution is -0.120. The second kappa shape index (κ2) is 13.3. The number of likely N-dealkylation sites (tertiary alicyclic amines) is 1. The molecule has 1 aromatic heterocycles. The normalized spacial score (nSPS) is 19.5. The molecule has 210 valence electrons. The van der Waals surface area contributed by atoms with E-state index in [0.717, 1.165) is 61.7 Å².